The molecule has 3 aliphatic rings. The quantitative estimate of drug-likeness (QED) is 0.506. The molecule has 1 unspecified atom stereocenters. The summed E-state index contributed by atoms with van der Waals surface area (Å²) in [4.78, 5) is 28.3. The molecule has 2 N–H and O–H groups in total. The zero-order chi connectivity index (χ0) is 25.5. The predicted molar refractivity (Wildman–Crippen MR) is 151 cm³/mol. The molecule has 0 spiro atoms. The van der Waals surface area contributed by atoms with Crippen LogP contribution in [-0.2, 0) is 6.54 Å². The van der Waals surface area contributed by atoms with Gasteiger partial charge in [0.05, 0.1) is 24.0 Å². The van der Waals surface area contributed by atoms with Crippen molar-refractivity contribution in [2.75, 3.05) is 24.5 Å². The zero-order valence-corrected chi connectivity index (χ0v) is 22.2. The minimum atomic E-state index is -0.360. The Kier molecular flexibility index (Phi) is 7.26. The zero-order valence-electron chi connectivity index (χ0n) is 20.6. The van der Waals surface area contributed by atoms with Crippen LogP contribution >= 0.6 is 24.0 Å². The van der Waals surface area contributed by atoms with Gasteiger partial charge in [-0.1, -0.05) is 35.9 Å². The highest BCUT2D eigenvalue weighted by molar-refractivity contribution is 6.30. The van der Waals surface area contributed by atoms with Gasteiger partial charge in [0.2, 0.25) is 0 Å². The second-order valence-electron chi connectivity index (χ2n) is 9.66. The van der Waals surface area contributed by atoms with E-state index in [1.807, 2.05) is 54.6 Å². The topological polar surface area (TPSA) is 102 Å². The van der Waals surface area contributed by atoms with E-state index in [0.717, 1.165) is 47.4 Å². The number of likely N-dealkylation sites (tertiary alicyclic amines) is 1. The number of nitriles is 1. The van der Waals surface area contributed by atoms with Crippen LogP contribution in [0.5, 0.6) is 0 Å². The molecule has 1 fully saturated rings. The first-order valence-electron chi connectivity index (χ1n) is 12.4. The maximum Gasteiger partial charge on any atom is 0.344 e. The lowest BCUT2D eigenvalue weighted by atomic mass is 10.0. The van der Waals surface area contributed by atoms with Crippen LogP contribution in [0.3, 0.4) is 0 Å². The van der Waals surface area contributed by atoms with Gasteiger partial charge in [0.15, 0.2) is 0 Å². The summed E-state index contributed by atoms with van der Waals surface area (Å²) in [6.45, 7) is 2.13. The van der Waals surface area contributed by atoms with Gasteiger partial charge < -0.3 is 20.4 Å². The van der Waals surface area contributed by atoms with Gasteiger partial charge in [-0.15, -0.1) is 12.4 Å². The van der Waals surface area contributed by atoms with E-state index in [1.54, 1.807) is 11.1 Å². The van der Waals surface area contributed by atoms with Crippen molar-refractivity contribution in [3.63, 3.8) is 0 Å². The number of hydrogen-bond acceptors (Lipinski definition) is 6. The van der Waals surface area contributed by atoms with Crippen LogP contribution in [0.4, 0.5) is 10.5 Å². The van der Waals surface area contributed by atoms with E-state index in [2.05, 4.69) is 25.8 Å². The van der Waals surface area contributed by atoms with Crippen molar-refractivity contribution < 1.29 is 4.79 Å². The Morgan fingerprint density at radius 2 is 1.89 bits per heavy atom. The Bertz CT molecular complexity index is 1480. The number of hydrogen-bond donors (Lipinski definition) is 1. The van der Waals surface area contributed by atoms with Crippen molar-refractivity contribution in [3.8, 4) is 6.07 Å². The summed E-state index contributed by atoms with van der Waals surface area (Å²) in [5, 5.41) is 13.0. The number of halogens is 2. The van der Waals surface area contributed by atoms with Crippen molar-refractivity contribution in [1.82, 2.24) is 14.8 Å². The van der Waals surface area contributed by atoms with Crippen LogP contribution < -0.4 is 10.6 Å². The summed E-state index contributed by atoms with van der Waals surface area (Å²) in [6.07, 6.45) is 3.65. The van der Waals surface area contributed by atoms with Crippen molar-refractivity contribution in [2.45, 2.75) is 31.5 Å². The lowest BCUT2D eigenvalue weighted by molar-refractivity contribution is 0.200. The summed E-state index contributed by atoms with van der Waals surface area (Å²) in [7, 11) is 0. The molecule has 8 nitrogen and oxygen atoms in total. The number of benzene rings is 2. The van der Waals surface area contributed by atoms with Crippen LogP contribution in [0.15, 0.2) is 77.2 Å². The molecule has 3 aliphatic heterocycles. The molecular weight excluding hydrogens is 521 g/mol. The van der Waals surface area contributed by atoms with Crippen LogP contribution in [0, 0.1) is 11.3 Å². The lowest BCUT2D eigenvalue weighted by Crippen LogP contribution is -2.52. The SMILES string of the molecule is Cl.N#CC1=C(N2CCC[C@H](N)C2)N(c2ccc(Cl)cc2)C2CN(Cc3nccc4ccccc34)C(=O)N=C12. The minimum Gasteiger partial charge on any atom is -0.355 e. The molecule has 1 saturated heterocycles. The number of aliphatic imine (C=N–C) groups is 1. The number of pyridine rings is 1. The Morgan fingerprint density at radius 1 is 1.11 bits per heavy atom. The van der Waals surface area contributed by atoms with Gasteiger partial charge in [-0.2, -0.15) is 10.3 Å². The van der Waals surface area contributed by atoms with E-state index in [4.69, 9.17) is 17.3 Å². The number of amides is 2. The van der Waals surface area contributed by atoms with Gasteiger partial charge in [0, 0.05) is 48.0 Å². The van der Waals surface area contributed by atoms with E-state index in [1.165, 1.54) is 0 Å². The fourth-order valence-corrected chi connectivity index (χ4v) is 5.70. The molecular formula is C28H27Cl2N7O. The largest absolute Gasteiger partial charge is 0.355 e. The van der Waals surface area contributed by atoms with E-state index in [-0.39, 0.29) is 30.5 Å². The van der Waals surface area contributed by atoms with E-state index >= 15 is 0 Å². The Morgan fingerprint density at radius 3 is 2.66 bits per heavy atom. The molecule has 4 heterocycles. The number of piperidine rings is 1. The molecule has 1 aromatic heterocycles. The molecule has 38 heavy (non-hydrogen) atoms. The molecule has 3 aromatic rings. The first-order chi connectivity index (χ1) is 18.0. The number of aromatic nitrogens is 1. The van der Waals surface area contributed by atoms with Gasteiger partial charge in [0.25, 0.3) is 0 Å². The van der Waals surface area contributed by atoms with Crippen molar-refractivity contribution in [2.24, 2.45) is 10.7 Å². The first kappa shape index (κ1) is 26.0. The average molecular weight is 548 g/mol. The molecule has 6 rings (SSSR count). The minimum absolute atomic E-state index is 0. The summed E-state index contributed by atoms with van der Waals surface area (Å²) in [5.74, 6) is 0.765. The number of carbonyl (C=O) groups is 1. The third-order valence-electron chi connectivity index (χ3n) is 7.29. The number of nitrogens with two attached hydrogens (primary N) is 1. The highest BCUT2D eigenvalue weighted by atomic mass is 35.5. The fourth-order valence-electron chi connectivity index (χ4n) is 5.58. The molecule has 194 valence electrons. The molecule has 0 aliphatic carbocycles. The summed E-state index contributed by atoms with van der Waals surface area (Å²) in [6, 6.07) is 19.2. The highest BCUT2D eigenvalue weighted by Crippen LogP contribution is 2.38. The fraction of sp³-hybridized carbons (Fsp3) is 0.286. The molecule has 10 heteroatoms. The molecule has 2 amide bonds. The normalized spacial score (nSPS) is 21.2. The molecule has 0 radical (unpaired) electrons. The maximum absolute atomic E-state index is 13.3. The number of anilines is 1. The number of nitrogens with zero attached hydrogens (tertiary/aromatic N) is 6. The smallest absolute Gasteiger partial charge is 0.344 e. The van der Waals surface area contributed by atoms with Gasteiger partial charge in [-0.25, -0.2) is 4.79 Å². The van der Waals surface area contributed by atoms with Gasteiger partial charge >= 0.3 is 6.03 Å². The van der Waals surface area contributed by atoms with Crippen molar-refractivity contribution >= 4 is 52.2 Å². The summed E-state index contributed by atoms with van der Waals surface area (Å²) < 4.78 is 0. The predicted octanol–water partition coefficient (Wildman–Crippen LogP) is 4.73. The number of carbonyl (C=O) groups excluding carboxylic acids is 1. The van der Waals surface area contributed by atoms with Crippen molar-refractivity contribution in [3.05, 3.63) is 82.9 Å². The second kappa shape index (κ2) is 10.6. The lowest BCUT2D eigenvalue weighted by Gasteiger charge is -2.40. The Balaban J connectivity index is 0.00000294. The van der Waals surface area contributed by atoms with Crippen molar-refractivity contribution in [1.29, 1.82) is 5.26 Å². The number of rotatable bonds is 4. The number of urea groups is 1. The summed E-state index contributed by atoms with van der Waals surface area (Å²) in [5.41, 5.74) is 8.98. The Labute approximate surface area is 232 Å². The average Bonchev–Trinajstić information content (AvgIpc) is 3.22. The van der Waals surface area contributed by atoms with Crippen LogP contribution in [-0.4, -0.2) is 58.2 Å². The maximum atomic E-state index is 13.3. The van der Waals surface area contributed by atoms with E-state index < -0.39 is 0 Å². The standard InChI is InChI=1S/C28H26ClN7O.ClH/c29-19-7-9-21(10-8-19)36-25-17-35(16-24-22-6-2-1-4-18(22)11-12-32-24)28(37)33-26(25)23(14-30)27(36)34-13-3-5-20(31)15-34;/h1-2,4,6-12,20,25H,3,5,13,15-17,31H2;1H/t20-,25?;/m0./s1. The molecule has 2 aromatic carbocycles. The van der Waals surface area contributed by atoms with E-state index in [0.29, 0.717) is 35.9 Å². The van der Waals surface area contributed by atoms with Gasteiger partial charge in [-0.3, -0.25) is 4.98 Å². The Hall–Kier alpha value is -3.64. The third kappa shape index (κ3) is 4.58. The van der Waals surface area contributed by atoms with Gasteiger partial charge in [0.1, 0.15) is 17.5 Å². The molecule has 0 bridgehead atoms. The molecule has 0 saturated carbocycles. The second-order valence-corrected chi connectivity index (χ2v) is 10.1. The third-order valence-corrected chi connectivity index (χ3v) is 7.54. The van der Waals surface area contributed by atoms with Crippen LogP contribution in [0.2, 0.25) is 5.02 Å². The molecule has 2 atom stereocenters. The monoisotopic (exact) mass is 547 g/mol. The highest BCUT2D eigenvalue weighted by Gasteiger charge is 2.46. The first-order valence-corrected chi connectivity index (χ1v) is 12.8. The number of fused-ring (bicyclic) bond motifs is 2. The summed E-state index contributed by atoms with van der Waals surface area (Å²) >= 11 is 6.20. The van der Waals surface area contributed by atoms with E-state index in [9.17, 15) is 10.1 Å². The van der Waals surface area contributed by atoms with Gasteiger partial charge in [-0.05, 0) is 48.6 Å². The van der Waals surface area contributed by atoms with Crippen LogP contribution in [0.1, 0.15) is 18.5 Å². The van der Waals surface area contributed by atoms with Crippen LogP contribution in [0.25, 0.3) is 10.8 Å².